The SMILES string of the molecule is CCCCC(=O)Nc1nnc(SCC(=O)N2[C@@H](C)CCC[C@@H]2C)s1. The van der Waals surface area contributed by atoms with Crippen molar-refractivity contribution in [2.75, 3.05) is 11.1 Å². The number of anilines is 1. The van der Waals surface area contributed by atoms with E-state index in [0.717, 1.165) is 25.7 Å². The Morgan fingerprint density at radius 3 is 2.67 bits per heavy atom. The first-order valence-corrected chi connectivity index (χ1v) is 10.4. The first-order valence-electron chi connectivity index (χ1n) is 8.58. The zero-order chi connectivity index (χ0) is 17.5. The van der Waals surface area contributed by atoms with Gasteiger partial charge < -0.3 is 10.2 Å². The number of likely N-dealkylation sites (tertiary alicyclic amines) is 1. The van der Waals surface area contributed by atoms with Gasteiger partial charge in [0.05, 0.1) is 5.75 Å². The predicted octanol–water partition coefficient (Wildman–Crippen LogP) is 3.55. The Labute approximate surface area is 151 Å². The van der Waals surface area contributed by atoms with Crippen LogP contribution in [0.1, 0.15) is 59.3 Å². The molecule has 0 bridgehead atoms. The number of carbonyl (C=O) groups is 2. The second kappa shape index (κ2) is 9.36. The van der Waals surface area contributed by atoms with Gasteiger partial charge in [0, 0.05) is 18.5 Å². The van der Waals surface area contributed by atoms with Gasteiger partial charge in [0.25, 0.3) is 0 Å². The van der Waals surface area contributed by atoms with Crippen molar-refractivity contribution in [1.82, 2.24) is 15.1 Å². The highest BCUT2D eigenvalue weighted by Gasteiger charge is 2.28. The Morgan fingerprint density at radius 1 is 1.29 bits per heavy atom. The van der Waals surface area contributed by atoms with Gasteiger partial charge in [0.1, 0.15) is 0 Å². The molecule has 0 radical (unpaired) electrons. The van der Waals surface area contributed by atoms with Crippen LogP contribution in [0.2, 0.25) is 0 Å². The lowest BCUT2D eigenvalue weighted by Gasteiger charge is -2.39. The van der Waals surface area contributed by atoms with Crippen molar-refractivity contribution in [3.8, 4) is 0 Å². The van der Waals surface area contributed by atoms with Crippen LogP contribution in [0.3, 0.4) is 0 Å². The van der Waals surface area contributed by atoms with E-state index in [2.05, 4.69) is 29.4 Å². The summed E-state index contributed by atoms with van der Waals surface area (Å²) in [4.78, 5) is 26.2. The fraction of sp³-hybridized carbons (Fsp3) is 0.750. The van der Waals surface area contributed by atoms with Gasteiger partial charge in [-0.05, 0) is 39.5 Å². The smallest absolute Gasteiger partial charge is 0.233 e. The maximum Gasteiger partial charge on any atom is 0.233 e. The number of thioether (sulfide) groups is 1. The molecule has 1 fully saturated rings. The number of nitrogens with one attached hydrogen (secondary N) is 1. The highest BCUT2D eigenvalue weighted by atomic mass is 32.2. The average Bonchev–Trinajstić information content (AvgIpc) is 2.98. The third-order valence-corrected chi connectivity index (χ3v) is 6.17. The van der Waals surface area contributed by atoms with E-state index in [-0.39, 0.29) is 11.8 Å². The molecule has 134 valence electrons. The monoisotopic (exact) mass is 370 g/mol. The summed E-state index contributed by atoms with van der Waals surface area (Å²) in [6.07, 6.45) is 5.70. The van der Waals surface area contributed by atoms with Crippen LogP contribution in [0.15, 0.2) is 4.34 Å². The third-order valence-electron chi connectivity index (χ3n) is 4.21. The fourth-order valence-corrected chi connectivity index (χ4v) is 4.59. The Bertz CT molecular complexity index is 554. The molecule has 1 N–H and O–H groups in total. The molecule has 2 amide bonds. The van der Waals surface area contributed by atoms with Crippen molar-refractivity contribution in [2.24, 2.45) is 0 Å². The summed E-state index contributed by atoms with van der Waals surface area (Å²) in [6.45, 7) is 6.29. The number of nitrogens with zero attached hydrogens (tertiary/aromatic N) is 3. The first kappa shape index (κ1) is 19.2. The largest absolute Gasteiger partial charge is 0.337 e. The molecular formula is C16H26N4O2S2. The number of amides is 2. The maximum atomic E-state index is 12.5. The van der Waals surface area contributed by atoms with E-state index in [4.69, 9.17) is 0 Å². The maximum absolute atomic E-state index is 12.5. The summed E-state index contributed by atoms with van der Waals surface area (Å²) >= 11 is 2.72. The quantitative estimate of drug-likeness (QED) is 0.587. The highest BCUT2D eigenvalue weighted by molar-refractivity contribution is 8.01. The van der Waals surface area contributed by atoms with Crippen molar-refractivity contribution in [3.05, 3.63) is 0 Å². The Hall–Kier alpha value is -1.15. The normalized spacial score (nSPS) is 20.9. The molecule has 0 aliphatic carbocycles. The third kappa shape index (κ3) is 5.44. The second-order valence-electron chi connectivity index (χ2n) is 6.24. The van der Waals surface area contributed by atoms with Gasteiger partial charge in [-0.2, -0.15) is 0 Å². The van der Waals surface area contributed by atoms with E-state index in [9.17, 15) is 9.59 Å². The van der Waals surface area contributed by atoms with Gasteiger partial charge in [-0.15, -0.1) is 10.2 Å². The predicted molar refractivity (Wildman–Crippen MR) is 98.4 cm³/mol. The minimum Gasteiger partial charge on any atom is -0.337 e. The molecule has 1 aliphatic heterocycles. The van der Waals surface area contributed by atoms with E-state index in [1.165, 1.54) is 29.5 Å². The van der Waals surface area contributed by atoms with Crippen molar-refractivity contribution in [3.63, 3.8) is 0 Å². The number of hydrogen-bond acceptors (Lipinski definition) is 6. The Morgan fingerprint density at radius 2 is 2.00 bits per heavy atom. The molecular weight excluding hydrogens is 344 g/mol. The molecule has 2 heterocycles. The number of carbonyl (C=O) groups excluding carboxylic acids is 2. The van der Waals surface area contributed by atoms with E-state index >= 15 is 0 Å². The molecule has 24 heavy (non-hydrogen) atoms. The number of aromatic nitrogens is 2. The zero-order valence-corrected chi connectivity index (χ0v) is 16.2. The molecule has 1 aliphatic rings. The highest BCUT2D eigenvalue weighted by Crippen LogP contribution is 2.28. The van der Waals surface area contributed by atoms with E-state index in [0.29, 0.717) is 33.7 Å². The molecule has 1 aromatic rings. The fourth-order valence-electron chi connectivity index (χ4n) is 2.95. The lowest BCUT2D eigenvalue weighted by atomic mass is 9.98. The van der Waals surface area contributed by atoms with E-state index < -0.39 is 0 Å². The molecule has 2 atom stereocenters. The lowest BCUT2D eigenvalue weighted by molar-refractivity contribution is -0.134. The van der Waals surface area contributed by atoms with Crippen LogP contribution < -0.4 is 5.32 Å². The van der Waals surface area contributed by atoms with Crippen LogP contribution in [-0.2, 0) is 9.59 Å². The summed E-state index contributed by atoms with van der Waals surface area (Å²) in [5.74, 6) is 0.493. The summed E-state index contributed by atoms with van der Waals surface area (Å²) < 4.78 is 0.714. The van der Waals surface area contributed by atoms with Gasteiger partial charge in [-0.25, -0.2) is 0 Å². The van der Waals surface area contributed by atoms with E-state index in [1.54, 1.807) is 0 Å². The van der Waals surface area contributed by atoms with Crippen LogP contribution in [0, 0.1) is 0 Å². The minimum atomic E-state index is -0.0309. The molecule has 6 nitrogen and oxygen atoms in total. The molecule has 2 rings (SSSR count). The van der Waals surface area contributed by atoms with Crippen molar-refractivity contribution in [2.45, 2.75) is 75.7 Å². The van der Waals surface area contributed by atoms with Crippen molar-refractivity contribution in [1.29, 1.82) is 0 Å². The summed E-state index contributed by atoms with van der Waals surface area (Å²) in [6, 6.07) is 0.620. The molecule has 0 spiro atoms. The van der Waals surface area contributed by atoms with E-state index in [1.807, 2.05) is 11.8 Å². The molecule has 1 aromatic heterocycles. The molecule has 0 unspecified atom stereocenters. The van der Waals surface area contributed by atoms with Crippen LogP contribution in [0.4, 0.5) is 5.13 Å². The summed E-state index contributed by atoms with van der Waals surface area (Å²) in [5, 5.41) is 11.3. The Balaban J connectivity index is 1.82. The molecule has 1 saturated heterocycles. The minimum absolute atomic E-state index is 0.0309. The van der Waals surface area contributed by atoms with Gasteiger partial charge in [-0.3, -0.25) is 9.59 Å². The molecule has 0 aromatic carbocycles. The zero-order valence-electron chi connectivity index (χ0n) is 14.6. The van der Waals surface area contributed by atoms with Gasteiger partial charge in [-0.1, -0.05) is 36.4 Å². The van der Waals surface area contributed by atoms with Gasteiger partial charge in [0.2, 0.25) is 16.9 Å². The van der Waals surface area contributed by atoms with Crippen molar-refractivity contribution < 1.29 is 9.59 Å². The summed E-state index contributed by atoms with van der Waals surface area (Å²) in [5.41, 5.74) is 0. The van der Waals surface area contributed by atoms with Crippen LogP contribution in [0.25, 0.3) is 0 Å². The first-order chi connectivity index (χ1) is 11.5. The summed E-state index contributed by atoms with van der Waals surface area (Å²) in [7, 11) is 0. The van der Waals surface area contributed by atoms with Gasteiger partial charge in [0.15, 0.2) is 4.34 Å². The van der Waals surface area contributed by atoms with Gasteiger partial charge >= 0.3 is 0 Å². The Kier molecular flexibility index (Phi) is 7.48. The number of piperidine rings is 1. The van der Waals surface area contributed by atoms with Crippen LogP contribution >= 0.6 is 23.1 Å². The number of unbranched alkanes of at least 4 members (excludes halogenated alkanes) is 1. The molecule has 8 heteroatoms. The standard InChI is InChI=1S/C16H26N4O2S2/c1-4-5-9-13(21)17-15-18-19-16(24-15)23-10-14(22)20-11(2)7-6-8-12(20)3/h11-12H,4-10H2,1-3H3,(H,17,18,21)/t11-,12-/m0/s1. The lowest BCUT2D eigenvalue weighted by Crippen LogP contribution is -2.48. The number of hydrogen-bond donors (Lipinski definition) is 1. The van der Waals surface area contributed by atoms with Crippen molar-refractivity contribution >= 4 is 40.0 Å². The van der Waals surface area contributed by atoms with Crippen LogP contribution in [-0.4, -0.2) is 44.7 Å². The second-order valence-corrected chi connectivity index (χ2v) is 8.44. The topological polar surface area (TPSA) is 75.2 Å². The van der Waals surface area contributed by atoms with Crippen LogP contribution in [0.5, 0.6) is 0 Å². The average molecular weight is 371 g/mol. The molecule has 0 saturated carbocycles. The number of rotatable bonds is 7.